The number of aromatic nitrogens is 1. The predicted octanol–water partition coefficient (Wildman–Crippen LogP) is 3.98. The van der Waals surface area contributed by atoms with Crippen LogP contribution in [0.3, 0.4) is 0 Å². The van der Waals surface area contributed by atoms with Crippen molar-refractivity contribution in [1.82, 2.24) is 10.3 Å². The molecule has 0 aliphatic carbocycles. The standard InChI is InChI=1S/C17H26N2O/c1-2-3-4-5-6-10-18-11-9-14-13-19-17-8-7-15(20)12-16(14)17/h7-8,12-13,18-20H,2-6,9-11H2,1H3. The van der Waals surface area contributed by atoms with Crippen LogP contribution >= 0.6 is 0 Å². The minimum Gasteiger partial charge on any atom is -0.508 e. The van der Waals surface area contributed by atoms with Gasteiger partial charge in [-0.1, -0.05) is 32.6 Å². The van der Waals surface area contributed by atoms with Crippen LogP contribution in [0.15, 0.2) is 24.4 Å². The summed E-state index contributed by atoms with van der Waals surface area (Å²) in [5.41, 5.74) is 2.37. The number of phenols is 1. The Morgan fingerprint density at radius 3 is 2.80 bits per heavy atom. The Balaban J connectivity index is 1.69. The molecular weight excluding hydrogens is 248 g/mol. The van der Waals surface area contributed by atoms with Crippen molar-refractivity contribution in [3.63, 3.8) is 0 Å². The number of hydrogen-bond donors (Lipinski definition) is 3. The summed E-state index contributed by atoms with van der Waals surface area (Å²) in [5.74, 6) is 0.335. The van der Waals surface area contributed by atoms with Gasteiger partial charge in [0.05, 0.1) is 0 Å². The number of unbranched alkanes of at least 4 members (excludes halogenated alkanes) is 4. The number of nitrogens with one attached hydrogen (secondary N) is 2. The largest absolute Gasteiger partial charge is 0.508 e. The van der Waals surface area contributed by atoms with Crippen molar-refractivity contribution in [2.24, 2.45) is 0 Å². The van der Waals surface area contributed by atoms with Crippen molar-refractivity contribution in [2.75, 3.05) is 13.1 Å². The Morgan fingerprint density at radius 2 is 1.95 bits per heavy atom. The fourth-order valence-electron chi connectivity index (χ4n) is 2.57. The molecule has 1 heterocycles. The molecule has 0 unspecified atom stereocenters. The molecule has 1 aromatic heterocycles. The van der Waals surface area contributed by atoms with Gasteiger partial charge < -0.3 is 15.4 Å². The third-order valence-corrected chi connectivity index (χ3v) is 3.78. The molecule has 1 aromatic carbocycles. The molecule has 0 saturated carbocycles. The fraction of sp³-hybridized carbons (Fsp3) is 0.529. The zero-order valence-electron chi connectivity index (χ0n) is 12.4. The van der Waals surface area contributed by atoms with Crippen LogP contribution in [-0.4, -0.2) is 23.2 Å². The van der Waals surface area contributed by atoms with Gasteiger partial charge in [0.15, 0.2) is 0 Å². The highest BCUT2D eigenvalue weighted by molar-refractivity contribution is 5.84. The van der Waals surface area contributed by atoms with Crippen molar-refractivity contribution in [2.45, 2.75) is 45.4 Å². The Kier molecular flexibility index (Phi) is 5.93. The van der Waals surface area contributed by atoms with E-state index in [0.29, 0.717) is 5.75 Å². The molecule has 0 fully saturated rings. The van der Waals surface area contributed by atoms with E-state index in [9.17, 15) is 5.11 Å². The minimum absolute atomic E-state index is 0.335. The maximum absolute atomic E-state index is 9.56. The average molecular weight is 274 g/mol. The molecule has 0 atom stereocenters. The normalized spacial score (nSPS) is 11.2. The number of aromatic hydroxyl groups is 1. The Hall–Kier alpha value is -1.48. The number of aromatic amines is 1. The molecule has 3 heteroatoms. The summed E-state index contributed by atoms with van der Waals surface area (Å²) < 4.78 is 0. The smallest absolute Gasteiger partial charge is 0.116 e. The van der Waals surface area contributed by atoms with Crippen LogP contribution < -0.4 is 5.32 Å². The Bertz CT molecular complexity index is 519. The third kappa shape index (κ3) is 4.27. The quantitative estimate of drug-likeness (QED) is 0.606. The molecule has 2 rings (SSSR count). The van der Waals surface area contributed by atoms with Gasteiger partial charge in [0.25, 0.3) is 0 Å². The molecule has 2 aromatic rings. The van der Waals surface area contributed by atoms with Gasteiger partial charge in [-0.2, -0.15) is 0 Å². The van der Waals surface area contributed by atoms with Crippen molar-refractivity contribution in [3.05, 3.63) is 30.0 Å². The van der Waals surface area contributed by atoms with E-state index >= 15 is 0 Å². The zero-order valence-corrected chi connectivity index (χ0v) is 12.4. The number of rotatable bonds is 9. The van der Waals surface area contributed by atoms with Gasteiger partial charge in [0.1, 0.15) is 5.75 Å². The minimum atomic E-state index is 0.335. The van der Waals surface area contributed by atoms with E-state index in [1.165, 1.54) is 37.7 Å². The van der Waals surface area contributed by atoms with Crippen LogP contribution in [0.2, 0.25) is 0 Å². The second-order valence-corrected chi connectivity index (χ2v) is 5.46. The maximum atomic E-state index is 9.56. The van der Waals surface area contributed by atoms with Gasteiger partial charge in [-0.3, -0.25) is 0 Å². The lowest BCUT2D eigenvalue weighted by Crippen LogP contribution is -2.18. The lowest BCUT2D eigenvalue weighted by Gasteiger charge is -2.04. The van der Waals surface area contributed by atoms with Gasteiger partial charge in [-0.05, 0) is 49.7 Å². The van der Waals surface area contributed by atoms with Crippen LogP contribution in [0, 0.1) is 0 Å². The summed E-state index contributed by atoms with van der Waals surface area (Å²) in [6.07, 6.45) is 9.68. The van der Waals surface area contributed by atoms with Crippen LogP contribution in [0.5, 0.6) is 5.75 Å². The topological polar surface area (TPSA) is 48.0 Å². The molecule has 0 aliphatic rings. The van der Waals surface area contributed by atoms with Gasteiger partial charge in [-0.15, -0.1) is 0 Å². The van der Waals surface area contributed by atoms with Gasteiger partial charge >= 0.3 is 0 Å². The highest BCUT2D eigenvalue weighted by Gasteiger charge is 2.04. The molecule has 110 valence electrons. The average Bonchev–Trinajstić information content (AvgIpc) is 2.84. The first-order chi connectivity index (χ1) is 9.81. The molecule has 0 bridgehead atoms. The van der Waals surface area contributed by atoms with E-state index in [1.54, 1.807) is 6.07 Å². The summed E-state index contributed by atoms with van der Waals surface area (Å²) in [6, 6.07) is 5.48. The SMILES string of the molecule is CCCCCCCNCCc1c[nH]c2ccc(O)cc12. The van der Waals surface area contributed by atoms with Gasteiger partial charge in [-0.25, -0.2) is 0 Å². The number of phenolic OH excluding ortho intramolecular Hbond substituents is 1. The van der Waals surface area contributed by atoms with Crippen molar-refractivity contribution >= 4 is 10.9 Å². The fourth-order valence-corrected chi connectivity index (χ4v) is 2.57. The molecule has 0 radical (unpaired) electrons. The van der Waals surface area contributed by atoms with E-state index in [0.717, 1.165) is 30.4 Å². The van der Waals surface area contributed by atoms with E-state index in [2.05, 4.69) is 17.2 Å². The van der Waals surface area contributed by atoms with E-state index in [4.69, 9.17) is 0 Å². The van der Waals surface area contributed by atoms with E-state index in [1.807, 2.05) is 18.3 Å². The number of hydrogen-bond acceptors (Lipinski definition) is 2. The molecule has 20 heavy (non-hydrogen) atoms. The van der Waals surface area contributed by atoms with E-state index < -0.39 is 0 Å². The Labute approximate surface area is 121 Å². The van der Waals surface area contributed by atoms with Crippen molar-refractivity contribution in [1.29, 1.82) is 0 Å². The number of benzene rings is 1. The Morgan fingerprint density at radius 1 is 1.10 bits per heavy atom. The second-order valence-electron chi connectivity index (χ2n) is 5.46. The lowest BCUT2D eigenvalue weighted by atomic mass is 10.1. The predicted molar refractivity (Wildman–Crippen MR) is 85.3 cm³/mol. The summed E-state index contributed by atoms with van der Waals surface area (Å²) in [7, 11) is 0. The lowest BCUT2D eigenvalue weighted by molar-refractivity contribution is 0.476. The van der Waals surface area contributed by atoms with Crippen LogP contribution in [0.1, 0.15) is 44.6 Å². The third-order valence-electron chi connectivity index (χ3n) is 3.78. The van der Waals surface area contributed by atoms with Gasteiger partial charge in [0, 0.05) is 17.1 Å². The summed E-state index contributed by atoms with van der Waals surface area (Å²) >= 11 is 0. The first kappa shape index (κ1) is 14.9. The molecular formula is C17H26N2O. The second kappa shape index (κ2) is 7.95. The van der Waals surface area contributed by atoms with Crippen LogP contribution in [0.25, 0.3) is 10.9 Å². The molecule has 0 spiro atoms. The first-order valence-electron chi connectivity index (χ1n) is 7.81. The summed E-state index contributed by atoms with van der Waals surface area (Å²) in [5, 5.41) is 14.2. The van der Waals surface area contributed by atoms with Crippen molar-refractivity contribution < 1.29 is 5.11 Å². The first-order valence-corrected chi connectivity index (χ1v) is 7.81. The molecule has 0 aliphatic heterocycles. The maximum Gasteiger partial charge on any atom is 0.116 e. The van der Waals surface area contributed by atoms with Crippen LogP contribution in [-0.2, 0) is 6.42 Å². The zero-order chi connectivity index (χ0) is 14.2. The van der Waals surface area contributed by atoms with Gasteiger partial charge in [0.2, 0.25) is 0 Å². The highest BCUT2D eigenvalue weighted by atomic mass is 16.3. The number of fused-ring (bicyclic) bond motifs is 1. The summed E-state index contributed by atoms with van der Waals surface area (Å²) in [6.45, 7) is 4.35. The monoisotopic (exact) mass is 274 g/mol. The highest BCUT2D eigenvalue weighted by Crippen LogP contribution is 2.22. The van der Waals surface area contributed by atoms with Crippen molar-refractivity contribution in [3.8, 4) is 5.75 Å². The molecule has 3 nitrogen and oxygen atoms in total. The molecule has 0 saturated heterocycles. The van der Waals surface area contributed by atoms with Crippen LogP contribution in [0.4, 0.5) is 0 Å². The van der Waals surface area contributed by atoms with E-state index in [-0.39, 0.29) is 0 Å². The molecule has 3 N–H and O–H groups in total. The number of H-pyrrole nitrogens is 1. The molecule has 0 amide bonds. The summed E-state index contributed by atoms with van der Waals surface area (Å²) in [4.78, 5) is 3.25.